The van der Waals surface area contributed by atoms with Crippen LogP contribution >= 0.6 is 0 Å². The standard InChI is InChI=1S/C12H27N3O/c1-5-6-11(14)12(16)15(4)8-7-10(13)9(2)3/h9-11H,5-8,13-14H2,1-4H3. The Bertz CT molecular complexity index is 206. The lowest BCUT2D eigenvalue weighted by atomic mass is 10.0. The predicted octanol–water partition coefficient (Wildman–Crippen LogP) is 0.946. The van der Waals surface area contributed by atoms with E-state index in [0.717, 1.165) is 19.3 Å². The van der Waals surface area contributed by atoms with Gasteiger partial charge in [0.25, 0.3) is 0 Å². The van der Waals surface area contributed by atoms with Crippen molar-refractivity contribution in [2.24, 2.45) is 17.4 Å². The van der Waals surface area contributed by atoms with Gasteiger partial charge < -0.3 is 16.4 Å². The van der Waals surface area contributed by atoms with Gasteiger partial charge in [-0.05, 0) is 18.8 Å². The van der Waals surface area contributed by atoms with Gasteiger partial charge in [-0.1, -0.05) is 27.2 Å². The van der Waals surface area contributed by atoms with Gasteiger partial charge in [0.05, 0.1) is 6.04 Å². The highest BCUT2D eigenvalue weighted by Gasteiger charge is 2.18. The maximum atomic E-state index is 11.8. The van der Waals surface area contributed by atoms with E-state index in [1.165, 1.54) is 0 Å². The average Bonchev–Trinajstić information content (AvgIpc) is 2.24. The highest BCUT2D eigenvalue weighted by Crippen LogP contribution is 2.05. The number of hydrogen-bond donors (Lipinski definition) is 2. The summed E-state index contributed by atoms with van der Waals surface area (Å²) in [6, 6.07) is -0.206. The van der Waals surface area contributed by atoms with Crippen LogP contribution < -0.4 is 11.5 Å². The van der Waals surface area contributed by atoms with E-state index in [0.29, 0.717) is 12.5 Å². The van der Waals surface area contributed by atoms with Gasteiger partial charge in [0.2, 0.25) is 5.91 Å². The lowest BCUT2D eigenvalue weighted by Gasteiger charge is -2.23. The molecule has 0 heterocycles. The quantitative estimate of drug-likeness (QED) is 0.682. The largest absolute Gasteiger partial charge is 0.344 e. The number of hydrogen-bond acceptors (Lipinski definition) is 3. The fraction of sp³-hybridized carbons (Fsp3) is 0.917. The third-order valence-corrected chi connectivity index (χ3v) is 2.95. The highest BCUT2D eigenvalue weighted by atomic mass is 16.2. The Hall–Kier alpha value is -0.610. The van der Waals surface area contributed by atoms with Gasteiger partial charge in [0, 0.05) is 19.6 Å². The van der Waals surface area contributed by atoms with Crippen LogP contribution in [0.2, 0.25) is 0 Å². The fourth-order valence-electron chi connectivity index (χ4n) is 1.50. The minimum Gasteiger partial charge on any atom is -0.344 e. The summed E-state index contributed by atoms with van der Waals surface area (Å²) in [6.07, 6.45) is 2.52. The molecule has 0 radical (unpaired) electrons. The molecule has 0 rings (SSSR count). The third-order valence-electron chi connectivity index (χ3n) is 2.95. The zero-order chi connectivity index (χ0) is 12.7. The van der Waals surface area contributed by atoms with Crippen LogP contribution in [0.4, 0.5) is 0 Å². The molecule has 0 saturated carbocycles. The second-order valence-electron chi connectivity index (χ2n) is 4.85. The Balaban J connectivity index is 3.96. The number of nitrogens with zero attached hydrogens (tertiary/aromatic N) is 1. The van der Waals surface area contributed by atoms with Crippen LogP contribution in [0.5, 0.6) is 0 Å². The van der Waals surface area contributed by atoms with Gasteiger partial charge >= 0.3 is 0 Å². The highest BCUT2D eigenvalue weighted by molar-refractivity contribution is 5.81. The smallest absolute Gasteiger partial charge is 0.239 e. The Morgan fingerprint density at radius 3 is 2.25 bits per heavy atom. The van der Waals surface area contributed by atoms with Crippen molar-refractivity contribution in [3.63, 3.8) is 0 Å². The first-order chi connectivity index (χ1) is 7.40. The van der Waals surface area contributed by atoms with Gasteiger partial charge in [-0.2, -0.15) is 0 Å². The van der Waals surface area contributed by atoms with E-state index in [1.54, 1.807) is 11.9 Å². The van der Waals surface area contributed by atoms with Crippen LogP contribution in [0.25, 0.3) is 0 Å². The molecule has 16 heavy (non-hydrogen) atoms. The molecule has 0 aliphatic rings. The summed E-state index contributed by atoms with van der Waals surface area (Å²) in [5.74, 6) is 0.477. The van der Waals surface area contributed by atoms with Crippen molar-refractivity contribution >= 4 is 5.91 Å². The summed E-state index contributed by atoms with van der Waals surface area (Å²) in [5.41, 5.74) is 11.7. The molecule has 0 saturated heterocycles. The Kier molecular flexibility index (Phi) is 7.34. The molecule has 4 N–H and O–H groups in total. The molecule has 0 fully saturated rings. The molecule has 0 bridgehead atoms. The van der Waals surface area contributed by atoms with Crippen LogP contribution in [0.1, 0.15) is 40.0 Å². The molecule has 0 aliphatic carbocycles. The topological polar surface area (TPSA) is 72.4 Å². The maximum Gasteiger partial charge on any atom is 0.239 e. The molecule has 0 aliphatic heterocycles. The van der Waals surface area contributed by atoms with Crippen molar-refractivity contribution in [2.45, 2.75) is 52.1 Å². The van der Waals surface area contributed by atoms with Crippen LogP contribution in [0, 0.1) is 5.92 Å². The summed E-state index contributed by atoms with van der Waals surface area (Å²) in [7, 11) is 1.80. The van der Waals surface area contributed by atoms with Gasteiger partial charge in [-0.15, -0.1) is 0 Å². The first kappa shape index (κ1) is 15.4. The van der Waals surface area contributed by atoms with E-state index in [4.69, 9.17) is 11.5 Å². The minimum absolute atomic E-state index is 0.0257. The number of carbonyl (C=O) groups excluding carboxylic acids is 1. The lowest BCUT2D eigenvalue weighted by molar-refractivity contribution is -0.131. The van der Waals surface area contributed by atoms with E-state index < -0.39 is 0 Å². The molecular formula is C12H27N3O. The molecule has 0 aromatic heterocycles. The molecule has 4 nitrogen and oxygen atoms in total. The van der Waals surface area contributed by atoms with Crippen molar-refractivity contribution in [3.05, 3.63) is 0 Å². The number of likely N-dealkylation sites (N-methyl/N-ethyl adjacent to an activating group) is 1. The van der Waals surface area contributed by atoms with E-state index in [9.17, 15) is 4.79 Å². The summed E-state index contributed by atoms with van der Waals surface area (Å²) >= 11 is 0. The van der Waals surface area contributed by atoms with Gasteiger partial charge in [0.15, 0.2) is 0 Å². The molecule has 0 spiro atoms. The molecule has 96 valence electrons. The first-order valence-electron chi connectivity index (χ1n) is 6.16. The second kappa shape index (κ2) is 7.63. The molecule has 2 atom stereocenters. The monoisotopic (exact) mass is 229 g/mol. The van der Waals surface area contributed by atoms with E-state index in [-0.39, 0.29) is 18.0 Å². The van der Waals surface area contributed by atoms with Gasteiger partial charge in [0.1, 0.15) is 0 Å². The van der Waals surface area contributed by atoms with Crippen LogP contribution in [0.3, 0.4) is 0 Å². The Morgan fingerprint density at radius 2 is 1.81 bits per heavy atom. The molecule has 4 heteroatoms. The minimum atomic E-state index is -0.356. The van der Waals surface area contributed by atoms with Gasteiger partial charge in [-0.25, -0.2) is 0 Å². The normalized spacial score (nSPS) is 14.9. The fourth-order valence-corrected chi connectivity index (χ4v) is 1.50. The number of rotatable bonds is 7. The Labute approximate surface area is 99.4 Å². The van der Waals surface area contributed by atoms with Crippen molar-refractivity contribution < 1.29 is 4.79 Å². The SMILES string of the molecule is CCCC(N)C(=O)N(C)CCC(N)C(C)C. The van der Waals surface area contributed by atoms with Gasteiger partial charge in [-0.3, -0.25) is 4.79 Å². The zero-order valence-corrected chi connectivity index (χ0v) is 11.1. The molecular weight excluding hydrogens is 202 g/mol. The molecule has 0 aromatic rings. The van der Waals surface area contributed by atoms with Crippen molar-refractivity contribution in [2.75, 3.05) is 13.6 Å². The molecule has 2 unspecified atom stereocenters. The summed E-state index contributed by atoms with van der Waals surface area (Å²) < 4.78 is 0. The number of carbonyl (C=O) groups is 1. The maximum absolute atomic E-state index is 11.8. The summed E-state index contributed by atoms with van der Waals surface area (Å²) in [5, 5.41) is 0. The van der Waals surface area contributed by atoms with Crippen LogP contribution in [-0.4, -0.2) is 36.5 Å². The number of nitrogens with two attached hydrogens (primary N) is 2. The number of amides is 1. The lowest BCUT2D eigenvalue weighted by Crippen LogP contribution is -2.43. The first-order valence-corrected chi connectivity index (χ1v) is 6.16. The third kappa shape index (κ3) is 5.47. The zero-order valence-electron chi connectivity index (χ0n) is 11.1. The van der Waals surface area contributed by atoms with E-state index in [2.05, 4.69) is 13.8 Å². The van der Waals surface area contributed by atoms with Crippen LogP contribution in [-0.2, 0) is 4.79 Å². The predicted molar refractivity (Wildman–Crippen MR) is 68.0 cm³/mol. The van der Waals surface area contributed by atoms with Crippen molar-refractivity contribution in [1.29, 1.82) is 0 Å². The van der Waals surface area contributed by atoms with Crippen molar-refractivity contribution in [1.82, 2.24) is 4.90 Å². The second-order valence-corrected chi connectivity index (χ2v) is 4.85. The molecule has 1 amide bonds. The Morgan fingerprint density at radius 1 is 1.25 bits per heavy atom. The summed E-state index contributed by atoms with van der Waals surface area (Å²) in [4.78, 5) is 13.5. The van der Waals surface area contributed by atoms with Crippen LogP contribution in [0.15, 0.2) is 0 Å². The molecule has 0 aromatic carbocycles. The van der Waals surface area contributed by atoms with Crippen molar-refractivity contribution in [3.8, 4) is 0 Å². The van der Waals surface area contributed by atoms with E-state index >= 15 is 0 Å². The summed E-state index contributed by atoms with van der Waals surface area (Å²) in [6.45, 7) is 6.90. The van der Waals surface area contributed by atoms with E-state index in [1.807, 2.05) is 6.92 Å². The average molecular weight is 229 g/mol.